The van der Waals surface area contributed by atoms with Crippen LogP contribution in [0.25, 0.3) is 0 Å². The monoisotopic (exact) mass is 430 g/mol. The van der Waals surface area contributed by atoms with E-state index in [4.69, 9.17) is 16.3 Å². The topological polar surface area (TPSA) is 58.6 Å². The highest BCUT2D eigenvalue weighted by Crippen LogP contribution is 2.21. The van der Waals surface area contributed by atoms with Crippen molar-refractivity contribution in [3.8, 4) is 5.75 Å². The number of nitrogens with one attached hydrogen (secondary N) is 1. The Hall–Kier alpha value is -2.53. The predicted molar refractivity (Wildman–Crippen MR) is 121 cm³/mol. The van der Waals surface area contributed by atoms with Gasteiger partial charge in [-0.1, -0.05) is 35.9 Å². The van der Waals surface area contributed by atoms with E-state index in [0.29, 0.717) is 17.3 Å². The molecule has 30 heavy (non-hydrogen) atoms. The fourth-order valence-corrected chi connectivity index (χ4v) is 3.08. The lowest BCUT2D eigenvalue weighted by Crippen LogP contribution is -2.53. The molecule has 0 fully saturated rings. The number of benzene rings is 2. The Morgan fingerprint density at radius 2 is 1.77 bits per heavy atom. The molecule has 0 aliphatic rings. The molecule has 0 heterocycles. The van der Waals surface area contributed by atoms with Crippen molar-refractivity contribution in [2.24, 2.45) is 0 Å². The molecule has 5 nitrogen and oxygen atoms in total. The Morgan fingerprint density at radius 3 is 2.37 bits per heavy atom. The minimum atomic E-state index is -0.646. The number of carbonyl (C=O) groups is 2. The van der Waals surface area contributed by atoms with Crippen molar-refractivity contribution in [2.45, 2.75) is 59.7 Å². The summed E-state index contributed by atoms with van der Waals surface area (Å²) in [5.41, 5.74) is 2.54. The molecular formula is C24H31ClN2O3. The summed E-state index contributed by atoms with van der Waals surface area (Å²) in [6.07, 6.45) is 0. The van der Waals surface area contributed by atoms with E-state index in [9.17, 15) is 9.59 Å². The van der Waals surface area contributed by atoms with Crippen LogP contribution in [0.3, 0.4) is 0 Å². The van der Waals surface area contributed by atoms with Crippen molar-refractivity contribution in [2.75, 3.05) is 6.61 Å². The summed E-state index contributed by atoms with van der Waals surface area (Å²) in [6.45, 7) is 11.5. The lowest BCUT2D eigenvalue weighted by atomic mass is 10.1. The average Bonchev–Trinajstić information content (AvgIpc) is 2.66. The molecule has 0 unspecified atom stereocenters. The minimum Gasteiger partial charge on any atom is -0.484 e. The lowest BCUT2D eigenvalue weighted by molar-refractivity contribution is -0.142. The third-order valence-electron chi connectivity index (χ3n) is 4.76. The predicted octanol–water partition coefficient (Wildman–Crippen LogP) is 4.67. The molecule has 162 valence electrons. The number of amides is 2. The zero-order valence-corrected chi connectivity index (χ0v) is 19.3. The van der Waals surface area contributed by atoms with Crippen LogP contribution in [0.4, 0.5) is 0 Å². The van der Waals surface area contributed by atoms with Gasteiger partial charge in [-0.2, -0.15) is 0 Å². The van der Waals surface area contributed by atoms with Gasteiger partial charge in [-0.3, -0.25) is 9.59 Å². The fourth-order valence-electron chi connectivity index (χ4n) is 2.96. The van der Waals surface area contributed by atoms with Crippen molar-refractivity contribution >= 4 is 23.4 Å². The van der Waals surface area contributed by atoms with E-state index in [0.717, 1.165) is 16.7 Å². The van der Waals surface area contributed by atoms with Gasteiger partial charge in [0.25, 0.3) is 5.91 Å². The maximum absolute atomic E-state index is 13.1. The molecule has 0 spiro atoms. The van der Waals surface area contributed by atoms with Crippen LogP contribution in [0.15, 0.2) is 42.5 Å². The van der Waals surface area contributed by atoms with Crippen LogP contribution >= 0.6 is 11.6 Å². The average molecular weight is 431 g/mol. The second kappa shape index (κ2) is 9.98. The Kier molecular flexibility index (Phi) is 7.90. The van der Waals surface area contributed by atoms with Gasteiger partial charge in [-0.05, 0) is 76.4 Å². The second-order valence-corrected chi connectivity index (χ2v) is 8.97. The van der Waals surface area contributed by atoms with Crippen molar-refractivity contribution < 1.29 is 14.3 Å². The van der Waals surface area contributed by atoms with Gasteiger partial charge in [0.1, 0.15) is 11.8 Å². The van der Waals surface area contributed by atoms with E-state index in [1.54, 1.807) is 30.0 Å². The summed E-state index contributed by atoms with van der Waals surface area (Å²) < 4.78 is 5.70. The number of ether oxygens (including phenoxy) is 1. The Balaban J connectivity index is 2.20. The van der Waals surface area contributed by atoms with Crippen LogP contribution in [-0.2, 0) is 16.1 Å². The van der Waals surface area contributed by atoms with Crippen LogP contribution in [0, 0.1) is 13.8 Å². The number of halogens is 1. The molecule has 1 N–H and O–H groups in total. The third kappa shape index (κ3) is 6.77. The van der Waals surface area contributed by atoms with Gasteiger partial charge < -0.3 is 15.0 Å². The lowest BCUT2D eigenvalue weighted by Gasteiger charge is -2.31. The third-order valence-corrected chi connectivity index (χ3v) is 5.18. The maximum Gasteiger partial charge on any atom is 0.261 e. The first-order valence-corrected chi connectivity index (χ1v) is 10.4. The van der Waals surface area contributed by atoms with Crippen molar-refractivity contribution in [1.82, 2.24) is 10.2 Å². The first-order chi connectivity index (χ1) is 14.0. The van der Waals surface area contributed by atoms with E-state index in [-0.39, 0.29) is 24.0 Å². The highest BCUT2D eigenvalue weighted by Gasteiger charge is 2.29. The number of hydrogen-bond acceptors (Lipinski definition) is 3. The molecule has 2 rings (SSSR count). The summed E-state index contributed by atoms with van der Waals surface area (Å²) >= 11 is 6.05. The van der Waals surface area contributed by atoms with Crippen molar-refractivity contribution in [3.63, 3.8) is 0 Å². The summed E-state index contributed by atoms with van der Waals surface area (Å²) in [7, 11) is 0. The van der Waals surface area contributed by atoms with E-state index in [1.165, 1.54) is 0 Å². The standard InChI is InChI=1S/C24H31ClN2O3/c1-16-9-7-8-10-19(16)14-27(18(3)23(29)26-24(4,5)6)22(28)15-30-20-11-12-21(25)17(2)13-20/h7-13,18H,14-15H2,1-6H3,(H,26,29)/t18-/m0/s1. The Morgan fingerprint density at radius 1 is 1.10 bits per heavy atom. The van der Waals surface area contributed by atoms with Crippen LogP contribution in [0.5, 0.6) is 5.75 Å². The molecule has 2 aromatic carbocycles. The first kappa shape index (κ1) is 23.7. The molecule has 0 bridgehead atoms. The summed E-state index contributed by atoms with van der Waals surface area (Å²) in [6, 6.07) is 12.4. The van der Waals surface area contributed by atoms with Gasteiger partial charge in [0.2, 0.25) is 5.91 Å². The maximum atomic E-state index is 13.1. The van der Waals surface area contributed by atoms with Gasteiger partial charge in [-0.15, -0.1) is 0 Å². The SMILES string of the molecule is Cc1cc(OCC(=O)N(Cc2ccccc2C)[C@@H](C)C(=O)NC(C)(C)C)ccc1Cl. The largest absolute Gasteiger partial charge is 0.484 e. The summed E-state index contributed by atoms with van der Waals surface area (Å²) in [5, 5.41) is 3.59. The van der Waals surface area contributed by atoms with Gasteiger partial charge in [0.15, 0.2) is 6.61 Å². The van der Waals surface area contributed by atoms with Crippen LogP contribution in [-0.4, -0.2) is 34.9 Å². The Bertz CT molecular complexity index is 906. The fraction of sp³-hybridized carbons (Fsp3) is 0.417. The molecule has 1 atom stereocenters. The summed E-state index contributed by atoms with van der Waals surface area (Å²) in [4.78, 5) is 27.4. The molecule has 0 saturated carbocycles. The van der Waals surface area contributed by atoms with E-state index in [1.807, 2.05) is 58.9 Å². The van der Waals surface area contributed by atoms with Crippen molar-refractivity contribution in [3.05, 3.63) is 64.2 Å². The normalized spacial score (nSPS) is 12.2. The zero-order chi connectivity index (χ0) is 22.5. The molecule has 0 aromatic heterocycles. The second-order valence-electron chi connectivity index (χ2n) is 8.56. The van der Waals surface area contributed by atoms with Crippen LogP contribution in [0.1, 0.15) is 44.4 Å². The zero-order valence-electron chi connectivity index (χ0n) is 18.6. The molecule has 2 aromatic rings. The first-order valence-electron chi connectivity index (χ1n) is 10.0. The Labute approximate surface area is 184 Å². The minimum absolute atomic E-state index is 0.167. The van der Waals surface area contributed by atoms with E-state index < -0.39 is 6.04 Å². The molecule has 0 saturated heterocycles. The molecule has 6 heteroatoms. The quantitative estimate of drug-likeness (QED) is 0.694. The highest BCUT2D eigenvalue weighted by atomic mass is 35.5. The smallest absolute Gasteiger partial charge is 0.261 e. The van der Waals surface area contributed by atoms with Gasteiger partial charge in [-0.25, -0.2) is 0 Å². The molecule has 2 amide bonds. The molecule has 0 radical (unpaired) electrons. The van der Waals surface area contributed by atoms with Gasteiger partial charge >= 0.3 is 0 Å². The number of hydrogen-bond donors (Lipinski definition) is 1. The number of aryl methyl sites for hydroxylation is 2. The van der Waals surface area contributed by atoms with Crippen LogP contribution < -0.4 is 10.1 Å². The molecular weight excluding hydrogens is 400 g/mol. The van der Waals surface area contributed by atoms with Gasteiger partial charge in [0, 0.05) is 17.1 Å². The summed E-state index contributed by atoms with van der Waals surface area (Å²) in [5.74, 6) is 0.0991. The number of nitrogens with zero attached hydrogens (tertiary/aromatic N) is 1. The molecule has 0 aliphatic heterocycles. The molecule has 0 aliphatic carbocycles. The van der Waals surface area contributed by atoms with Crippen molar-refractivity contribution in [1.29, 1.82) is 0 Å². The van der Waals surface area contributed by atoms with E-state index in [2.05, 4.69) is 5.32 Å². The van der Waals surface area contributed by atoms with Crippen LogP contribution in [0.2, 0.25) is 5.02 Å². The number of carbonyl (C=O) groups excluding carboxylic acids is 2. The highest BCUT2D eigenvalue weighted by molar-refractivity contribution is 6.31. The van der Waals surface area contributed by atoms with E-state index >= 15 is 0 Å². The van der Waals surface area contributed by atoms with Gasteiger partial charge in [0.05, 0.1) is 0 Å². The number of rotatable bonds is 7.